The Morgan fingerprint density at radius 2 is 1.25 bits per heavy atom. The van der Waals surface area contributed by atoms with E-state index in [0.717, 1.165) is 33.2 Å². The van der Waals surface area contributed by atoms with Gasteiger partial charge in [-0.15, -0.1) is 0 Å². The number of aromatic nitrogens is 4. The zero-order valence-corrected chi connectivity index (χ0v) is 21.5. The quantitative estimate of drug-likeness (QED) is 0.218. The third-order valence-electron chi connectivity index (χ3n) is 8.16. The Balaban J connectivity index is 1.56. The van der Waals surface area contributed by atoms with Crippen LogP contribution in [0.25, 0.3) is 76.8 Å². The molecule has 40 heavy (non-hydrogen) atoms. The molecule has 0 N–H and O–H groups in total. The lowest BCUT2D eigenvalue weighted by molar-refractivity contribution is 1.18. The molecule has 4 heterocycles. The van der Waals surface area contributed by atoms with Crippen LogP contribution in [0.5, 0.6) is 0 Å². The summed E-state index contributed by atoms with van der Waals surface area (Å²) in [6, 6.07) is 43.1. The second kappa shape index (κ2) is 8.01. The Labute approximate surface area is 229 Å². The van der Waals surface area contributed by atoms with E-state index in [4.69, 9.17) is 9.97 Å². The molecule has 0 aliphatic rings. The van der Waals surface area contributed by atoms with Crippen LogP contribution in [-0.2, 0) is 0 Å². The van der Waals surface area contributed by atoms with Crippen molar-refractivity contribution in [3.63, 3.8) is 0 Å². The first-order valence-electron chi connectivity index (χ1n) is 13.5. The minimum Gasteiger partial charge on any atom is -0.309 e. The summed E-state index contributed by atoms with van der Waals surface area (Å²) in [7, 11) is 0. The number of nitrogens with zero attached hydrogens (tertiary/aromatic N) is 4. The third kappa shape index (κ3) is 2.79. The van der Waals surface area contributed by atoms with E-state index >= 15 is 0 Å². The maximum absolute atomic E-state index is 4.84. The first kappa shape index (κ1) is 21.5. The van der Waals surface area contributed by atoms with E-state index in [9.17, 15) is 0 Å². The van der Waals surface area contributed by atoms with Gasteiger partial charge in [0.25, 0.3) is 0 Å². The van der Waals surface area contributed by atoms with Gasteiger partial charge in [0.2, 0.25) is 0 Å². The average Bonchev–Trinajstić information content (AvgIpc) is 3.54. The Morgan fingerprint density at radius 3 is 2.12 bits per heavy atom. The van der Waals surface area contributed by atoms with Crippen molar-refractivity contribution in [1.29, 1.82) is 0 Å². The zero-order chi connectivity index (χ0) is 26.2. The number of para-hydroxylation sites is 3. The number of hydrogen-bond donors (Lipinski definition) is 0. The highest BCUT2D eigenvalue weighted by atomic mass is 15.0. The predicted octanol–water partition coefficient (Wildman–Crippen LogP) is 8.98. The first-order valence-corrected chi connectivity index (χ1v) is 13.5. The molecule has 4 heteroatoms. The van der Waals surface area contributed by atoms with E-state index in [-0.39, 0.29) is 0 Å². The molecule has 186 valence electrons. The van der Waals surface area contributed by atoms with Crippen LogP contribution in [0, 0.1) is 0 Å². The fraction of sp³-hybridized carbons (Fsp3) is 0. The molecule has 0 bridgehead atoms. The molecule has 0 saturated carbocycles. The number of pyridine rings is 2. The molecule has 0 aliphatic heterocycles. The molecule has 4 aromatic heterocycles. The van der Waals surface area contributed by atoms with E-state index in [0.29, 0.717) is 0 Å². The lowest BCUT2D eigenvalue weighted by atomic mass is 10.1. The van der Waals surface area contributed by atoms with Crippen molar-refractivity contribution < 1.29 is 0 Å². The molecule has 5 aromatic carbocycles. The van der Waals surface area contributed by atoms with Gasteiger partial charge in [0.05, 0.1) is 44.2 Å². The second-order valence-electron chi connectivity index (χ2n) is 10.3. The lowest BCUT2D eigenvalue weighted by Gasteiger charge is -2.13. The number of rotatable bonds is 2. The van der Waals surface area contributed by atoms with Gasteiger partial charge in [-0.1, -0.05) is 66.7 Å². The fourth-order valence-corrected chi connectivity index (χ4v) is 6.55. The summed E-state index contributed by atoms with van der Waals surface area (Å²) in [5.41, 5.74) is 8.89. The topological polar surface area (TPSA) is 35.6 Å². The monoisotopic (exact) mass is 510 g/mol. The maximum atomic E-state index is 4.84. The molecule has 0 atom stereocenters. The molecule has 0 radical (unpaired) electrons. The highest BCUT2D eigenvalue weighted by molar-refractivity contribution is 6.26. The third-order valence-corrected chi connectivity index (χ3v) is 8.16. The number of benzene rings is 5. The van der Waals surface area contributed by atoms with Crippen LogP contribution in [0.4, 0.5) is 0 Å². The van der Waals surface area contributed by atoms with Gasteiger partial charge < -0.3 is 9.13 Å². The van der Waals surface area contributed by atoms with E-state index in [1.807, 2.05) is 18.5 Å². The molecule has 0 amide bonds. The summed E-state index contributed by atoms with van der Waals surface area (Å²) in [5.74, 6) is 0. The van der Waals surface area contributed by atoms with Crippen LogP contribution in [-0.4, -0.2) is 19.1 Å². The van der Waals surface area contributed by atoms with Crippen molar-refractivity contribution in [2.75, 3.05) is 0 Å². The van der Waals surface area contributed by atoms with Gasteiger partial charge in [0, 0.05) is 45.0 Å². The highest BCUT2D eigenvalue weighted by Crippen LogP contribution is 2.43. The Bertz CT molecular complexity index is 2430. The van der Waals surface area contributed by atoms with Crippen LogP contribution >= 0.6 is 0 Å². The van der Waals surface area contributed by atoms with Gasteiger partial charge in [-0.2, -0.15) is 0 Å². The lowest BCUT2D eigenvalue weighted by Crippen LogP contribution is -1.98. The molecule has 9 aromatic rings. The van der Waals surface area contributed by atoms with Crippen molar-refractivity contribution in [1.82, 2.24) is 19.1 Å². The molecule has 0 unspecified atom stereocenters. The molecular weight excluding hydrogens is 488 g/mol. The van der Waals surface area contributed by atoms with Crippen molar-refractivity contribution >= 4 is 65.4 Å². The minimum absolute atomic E-state index is 0.938. The fourth-order valence-electron chi connectivity index (χ4n) is 6.55. The van der Waals surface area contributed by atoms with Crippen LogP contribution < -0.4 is 0 Å². The average molecular weight is 511 g/mol. The van der Waals surface area contributed by atoms with Crippen molar-refractivity contribution in [3.8, 4) is 11.4 Å². The standard InChI is InChI=1S/C36H22N4/c1-2-11-24(12-3-1)39-30-17-7-5-14-27(30)33-32(39)20-19-26-25-13-4-6-16-29(25)40(36(26)33)31-18-8-15-28-34(31)35-23(22-38-28)10-9-21-37-35/h1-22H. The van der Waals surface area contributed by atoms with Crippen molar-refractivity contribution in [2.45, 2.75) is 0 Å². The summed E-state index contributed by atoms with van der Waals surface area (Å²) in [6.45, 7) is 0. The number of hydrogen-bond acceptors (Lipinski definition) is 2. The Morgan fingerprint density at radius 1 is 0.475 bits per heavy atom. The summed E-state index contributed by atoms with van der Waals surface area (Å²) in [4.78, 5) is 9.68. The smallest absolute Gasteiger partial charge is 0.0832 e. The van der Waals surface area contributed by atoms with Crippen LogP contribution in [0.1, 0.15) is 0 Å². The van der Waals surface area contributed by atoms with Crippen molar-refractivity contribution in [3.05, 3.63) is 134 Å². The van der Waals surface area contributed by atoms with E-state index in [1.165, 1.54) is 43.6 Å². The molecule has 0 aliphatic carbocycles. The summed E-state index contributed by atoms with van der Waals surface area (Å²) < 4.78 is 4.82. The number of fused-ring (bicyclic) bond motifs is 10. The molecule has 0 spiro atoms. The van der Waals surface area contributed by atoms with E-state index in [1.54, 1.807) is 0 Å². The predicted molar refractivity (Wildman–Crippen MR) is 166 cm³/mol. The van der Waals surface area contributed by atoms with Gasteiger partial charge in [-0.25, -0.2) is 0 Å². The van der Waals surface area contributed by atoms with E-state index in [2.05, 4.69) is 124 Å². The molecule has 0 fully saturated rings. The SMILES string of the molecule is c1ccc(-n2c3ccccc3c3c2ccc2c4ccccc4n(-c4cccc5ncc6cccnc6c45)c23)cc1. The minimum atomic E-state index is 0.938. The van der Waals surface area contributed by atoms with Gasteiger partial charge >= 0.3 is 0 Å². The molecule has 0 saturated heterocycles. The summed E-state index contributed by atoms with van der Waals surface area (Å²) >= 11 is 0. The van der Waals surface area contributed by atoms with Crippen LogP contribution in [0.2, 0.25) is 0 Å². The molecule has 9 rings (SSSR count). The zero-order valence-electron chi connectivity index (χ0n) is 21.5. The highest BCUT2D eigenvalue weighted by Gasteiger charge is 2.22. The first-order chi connectivity index (χ1) is 19.9. The van der Waals surface area contributed by atoms with Gasteiger partial charge in [0.1, 0.15) is 0 Å². The molecule has 4 nitrogen and oxygen atoms in total. The van der Waals surface area contributed by atoms with Crippen LogP contribution in [0.15, 0.2) is 134 Å². The van der Waals surface area contributed by atoms with Crippen molar-refractivity contribution in [2.24, 2.45) is 0 Å². The van der Waals surface area contributed by atoms with Gasteiger partial charge in [-0.05, 0) is 54.6 Å². The normalized spacial score (nSPS) is 12.0. The summed E-state index contributed by atoms with van der Waals surface area (Å²) in [6.07, 6.45) is 3.79. The van der Waals surface area contributed by atoms with Gasteiger partial charge in [0.15, 0.2) is 0 Å². The van der Waals surface area contributed by atoms with E-state index < -0.39 is 0 Å². The Hall–Kier alpha value is -5.48. The summed E-state index contributed by atoms with van der Waals surface area (Å²) in [5, 5.41) is 7.04. The van der Waals surface area contributed by atoms with Crippen LogP contribution in [0.3, 0.4) is 0 Å². The molecular formula is C36H22N4. The second-order valence-corrected chi connectivity index (χ2v) is 10.3. The largest absolute Gasteiger partial charge is 0.309 e. The maximum Gasteiger partial charge on any atom is 0.0832 e. The van der Waals surface area contributed by atoms with Gasteiger partial charge in [-0.3, -0.25) is 9.97 Å². The Kier molecular flexibility index (Phi) is 4.30.